The van der Waals surface area contributed by atoms with Crippen LogP contribution in [0.5, 0.6) is 0 Å². The van der Waals surface area contributed by atoms with Gasteiger partial charge in [0, 0.05) is 23.8 Å². The van der Waals surface area contributed by atoms with Crippen LogP contribution in [0.3, 0.4) is 0 Å². The third-order valence-corrected chi connectivity index (χ3v) is 3.34. The molecule has 112 valence electrons. The predicted molar refractivity (Wildman–Crippen MR) is 86.7 cm³/mol. The van der Waals surface area contributed by atoms with E-state index in [9.17, 15) is 4.79 Å². The van der Waals surface area contributed by atoms with Crippen molar-refractivity contribution in [2.45, 2.75) is 46.0 Å². The van der Waals surface area contributed by atoms with Gasteiger partial charge in [-0.25, -0.2) is 0 Å². The highest BCUT2D eigenvalue weighted by Crippen LogP contribution is 2.20. The van der Waals surface area contributed by atoms with E-state index in [1.54, 1.807) is 12.1 Å². The lowest BCUT2D eigenvalue weighted by Crippen LogP contribution is -2.25. The van der Waals surface area contributed by atoms with Gasteiger partial charge in [-0.1, -0.05) is 44.7 Å². The van der Waals surface area contributed by atoms with Crippen molar-refractivity contribution in [1.29, 1.82) is 0 Å². The molecule has 4 heteroatoms. The Balaban J connectivity index is 2.58. The number of halogens is 1. The van der Waals surface area contributed by atoms with Crippen LogP contribution < -0.4 is 10.6 Å². The van der Waals surface area contributed by atoms with Gasteiger partial charge in [-0.05, 0) is 31.0 Å². The number of rotatable bonds is 9. The highest BCUT2D eigenvalue weighted by atomic mass is 35.5. The molecule has 3 nitrogen and oxygen atoms in total. The standard InChI is InChI=1S/C16H25ClN2O/c1-3-5-6-7-11-19-16(20)14-12-13(17)8-9-15(14)18-10-4-2/h8-9,12,18H,3-7,10-11H2,1-2H3,(H,19,20). The molecule has 0 aliphatic heterocycles. The van der Waals surface area contributed by atoms with Gasteiger partial charge in [0.15, 0.2) is 0 Å². The van der Waals surface area contributed by atoms with Crippen molar-refractivity contribution in [3.8, 4) is 0 Å². The molecule has 0 saturated heterocycles. The minimum Gasteiger partial charge on any atom is -0.384 e. The Bertz CT molecular complexity index is 421. The molecule has 0 aliphatic carbocycles. The van der Waals surface area contributed by atoms with Crippen LogP contribution in [0.2, 0.25) is 5.02 Å². The van der Waals surface area contributed by atoms with E-state index in [4.69, 9.17) is 11.6 Å². The van der Waals surface area contributed by atoms with E-state index in [1.165, 1.54) is 12.8 Å². The Morgan fingerprint density at radius 1 is 1.10 bits per heavy atom. The third-order valence-electron chi connectivity index (χ3n) is 3.11. The lowest BCUT2D eigenvalue weighted by atomic mass is 10.1. The number of carbonyl (C=O) groups excluding carboxylic acids is 1. The number of benzene rings is 1. The average molecular weight is 297 g/mol. The molecule has 0 unspecified atom stereocenters. The monoisotopic (exact) mass is 296 g/mol. The SMILES string of the molecule is CCCCCCNC(=O)c1cc(Cl)ccc1NCCC. The highest BCUT2D eigenvalue weighted by Gasteiger charge is 2.11. The molecular weight excluding hydrogens is 272 g/mol. The molecule has 1 aromatic carbocycles. The first-order chi connectivity index (χ1) is 9.69. The first-order valence-electron chi connectivity index (χ1n) is 7.50. The molecule has 1 rings (SSSR count). The Labute approximate surface area is 127 Å². The zero-order valence-electron chi connectivity index (χ0n) is 12.5. The van der Waals surface area contributed by atoms with Gasteiger partial charge in [-0.3, -0.25) is 4.79 Å². The summed E-state index contributed by atoms with van der Waals surface area (Å²) in [6, 6.07) is 5.39. The van der Waals surface area contributed by atoms with Crippen LogP contribution in [0.1, 0.15) is 56.3 Å². The van der Waals surface area contributed by atoms with Crippen LogP contribution in [0.15, 0.2) is 18.2 Å². The summed E-state index contributed by atoms with van der Waals surface area (Å²) < 4.78 is 0. The molecule has 0 radical (unpaired) electrons. The normalized spacial score (nSPS) is 10.3. The summed E-state index contributed by atoms with van der Waals surface area (Å²) in [6.45, 7) is 5.84. The van der Waals surface area contributed by atoms with Gasteiger partial charge in [0.1, 0.15) is 0 Å². The minimum atomic E-state index is -0.0531. The summed E-state index contributed by atoms with van der Waals surface area (Å²) in [5.74, 6) is -0.0531. The fourth-order valence-corrected chi connectivity index (χ4v) is 2.14. The Hall–Kier alpha value is -1.22. The molecule has 0 atom stereocenters. The maximum absolute atomic E-state index is 12.2. The van der Waals surface area contributed by atoms with Crippen molar-refractivity contribution in [3.05, 3.63) is 28.8 Å². The first-order valence-corrected chi connectivity index (χ1v) is 7.88. The van der Waals surface area contributed by atoms with Crippen molar-refractivity contribution in [2.24, 2.45) is 0 Å². The maximum atomic E-state index is 12.2. The molecule has 0 aliphatic rings. The zero-order chi connectivity index (χ0) is 14.8. The van der Waals surface area contributed by atoms with Crippen LogP contribution in [-0.2, 0) is 0 Å². The van der Waals surface area contributed by atoms with Crippen LogP contribution >= 0.6 is 11.6 Å². The smallest absolute Gasteiger partial charge is 0.253 e. The lowest BCUT2D eigenvalue weighted by molar-refractivity contribution is 0.0953. The summed E-state index contributed by atoms with van der Waals surface area (Å²) in [5.41, 5.74) is 1.48. The number of unbranched alkanes of at least 4 members (excludes halogenated alkanes) is 3. The molecule has 0 aromatic heterocycles. The number of hydrogen-bond acceptors (Lipinski definition) is 2. The van der Waals surface area contributed by atoms with E-state index in [-0.39, 0.29) is 5.91 Å². The van der Waals surface area contributed by atoms with Crippen molar-refractivity contribution >= 4 is 23.2 Å². The predicted octanol–water partition coefficient (Wildman–Crippen LogP) is 4.47. The van der Waals surface area contributed by atoms with E-state index in [0.717, 1.165) is 38.0 Å². The third kappa shape index (κ3) is 5.83. The summed E-state index contributed by atoms with van der Waals surface area (Å²) in [7, 11) is 0. The van der Waals surface area contributed by atoms with Gasteiger partial charge in [0.25, 0.3) is 5.91 Å². The van der Waals surface area contributed by atoms with Crippen molar-refractivity contribution in [3.63, 3.8) is 0 Å². The molecular formula is C16H25ClN2O. The van der Waals surface area contributed by atoms with Crippen LogP contribution in [0.25, 0.3) is 0 Å². The van der Waals surface area contributed by atoms with Gasteiger partial charge >= 0.3 is 0 Å². The van der Waals surface area contributed by atoms with Gasteiger partial charge in [-0.15, -0.1) is 0 Å². The summed E-state index contributed by atoms with van der Waals surface area (Å²) in [5, 5.41) is 6.81. The van der Waals surface area contributed by atoms with Gasteiger partial charge in [-0.2, -0.15) is 0 Å². The number of amides is 1. The topological polar surface area (TPSA) is 41.1 Å². The van der Waals surface area contributed by atoms with Gasteiger partial charge in [0.05, 0.1) is 5.56 Å². The lowest BCUT2D eigenvalue weighted by Gasteiger charge is -2.12. The minimum absolute atomic E-state index is 0.0531. The second kappa shape index (κ2) is 9.65. The summed E-state index contributed by atoms with van der Waals surface area (Å²) in [4.78, 5) is 12.2. The molecule has 0 saturated carbocycles. The molecule has 20 heavy (non-hydrogen) atoms. The number of anilines is 1. The molecule has 0 spiro atoms. The van der Waals surface area contributed by atoms with Crippen molar-refractivity contribution < 1.29 is 4.79 Å². The highest BCUT2D eigenvalue weighted by molar-refractivity contribution is 6.31. The van der Waals surface area contributed by atoms with E-state index in [1.807, 2.05) is 6.07 Å². The van der Waals surface area contributed by atoms with E-state index in [0.29, 0.717) is 10.6 Å². The molecule has 0 heterocycles. The fourth-order valence-electron chi connectivity index (χ4n) is 1.97. The summed E-state index contributed by atoms with van der Waals surface area (Å²) in [6.07, 6.45) is 5.62. The molecule has 0 bridgehead atoms. The van der Waals surface area contributed by atoms with Gasteiger partial charge in [0.2, 0.25) is 0 Å². The fraction of sp³-hybridized carbons (Fsp3) is 0.562. The zero-order valence-corrected chi connectivity index (χ0v) is 13.2. The van der Waals surface area contributed by atoms with E-state index >= 15 is 0 Å². The largest absolute Gasteiger partial charge is 0.384 e. The van der Waals surface area contributed by atoms with E-state index < -0.39 is 0 Å². The maximum Gasteiger partial charge on any atom is 0.253 e. The Kier molecular flexibility index (Phi) is 8.12. The van der Waals surface area contributed by atoms with Crippen molar-refractivity contribution in [2.75, 3.05) is 18.4 Å². The molecule has 0 fully saturated rings. The molecule has 2 N–H and O–H groups in total. The summed E-state index contributed by atoms with van der Waals surface area (Å²) >= 11 is 5.99. The second-order valence-electron chi connectivity index (χ2n) is 4.93. The number of carbonyl (C=O) groups is 1. The quantitative estimate of drug-likeness (QED) is 0.660. The molecule has 1 aromatic rings. The van der Waals surface area contributed by atoms with E-state index in [2.05, 4.69) is 24.5 Å². The van der Waals surface area contributed by atoms with Crippen LogP contribution in [-0.4, -0.2) is 19.0 Å². The van der Waals surface area contributed by atoms with Crippen LogP contribution in [0, 0.1) is 0 Å². The number of hydrogen-bond donors (Lipinski definition) is 2. The van der Waals surface area contributed by atoms with Crippen LogP contribution in [0.4, 0.5) is 5.69 Å². The van der Waals surface area contributed by atoms with Gasteiger partial charge < -0.3 is 10.6 Å². The number of nitrogens with one attached hydrogen (secondary N) is 2. The van der Waals surface area contributed by atoms with Crippen molar-refractivity contribution in [1.82, 2.24) is 5.32 Å². The first kappa shape index (κ1) is 16.8. The Morgan fingerprint density at radius 2 is 1.90 bits per heavy atom. The second-order valence-corrected chi connectivity index (χ2v) is 5.37. The average Bonchev–Trinajstić information content (AvgIpc) is 2.45. The molecule has 1 amide bonds. The Morgan fingerprint density at radius 3 is 2.60 bits per heavy atom.